The Hall–Kier alpha value is -4.53. The van der Waals surface area contributed by atoms with E-state index in [1.807, 2.05) is 42.7 Å². The molecule has 0 aliphatic rings. The SMILES string of the molecule is CCn1cnc2c1c(=O)nc(Nc1ccc(Oc3ncccc3F)cc1)n2Cc1ccc(C)cc1. The van der Waals surface area contributed by atoms with Gasteiger partial charge in [-0.3, -0.25) is 9.36 Å². The van der Waals surface area contributed by atoms with Crippen molar-refractivity contribution < 1.29 is 9.13 Å². The van der Waals surface area contributed by atoms with Gasteiger partial charge in [-0.15, -0.1) is 0 Å². The number of fused-ring (bicyclic) bond motifs is 1. The number of benzene rings is 2. The van der Waals surface area contributed by atoms with E-state index in [4.69, 9.17) is 4.74 Å². The molecule has 0 fully saturated rings. The van der Waals surface area contributed by atoms with Gasteiger partial charge in [0.25, 0.3) is 5.88 Å². The lowest BCUT2D eigenvalue weighted by molar-refractivity contribution is 0.423. The second-order valence-electron chi connectivity index (χ2n) is 8.06. The van der Waals surface area contributed by atoms with Gasteiger partial charge in [-0.25, -0.2) is 14.4 Å². The maximum atomic E-state index is 13.8. The highest BCUT2D eigenvalue weighted by Crippen LogP contribution is 2.25. The van der Waals surface area contributed by atoms with Crippen molar-refractivity contribution >= 4 is 22.8 Å². The molecule has 0 aliphatic carbocycles. The summed E-state index contributed by atoms with van der Waals surface area (Å²) >= 11 is 0. The summed E-state index contributed by atoms with van der Waals surface area (Å²) in [6, 6.07) is 17.8. The van der Waals surface area contributed by atoms with Crippen molar-refractivity contribution in [2.24, 2.45) is 0 Å². The molecule has 0 unspecified atom stereocenters. The van der Waals surface area contributed by atoms with Crippen molar-refractivity contribution in [1.29, 1.82) is 0 Å². The molecule has 0 radical (unpaired) electrons. The number of halogens is 1. The van der Waals surface area contributed by atoms with E-state index in [1.165, 1.54) is 23.9 Å². The number of hydrogen-bond donors (Lipinski definition) is 1. The molecule has 0 atom stereocenters. The Morgan fingerprint density at radius 2 is 1.80 bits per heavy atom. The first-order valence-corrected chi connectivity index (χ1v) is 11.2. The van der Waals surface area contributed by atoms with E-state index in [-0.39, 0.29) is 11.4 Å². The second-order valence-corrected chi connectivity index (χ2v) is 8.06. The quantitative estimate of drug-likeness (QED) is 0.359. The number of aryl methyl sites for hydroxylation is 2. The van der Waals surface area contributed by atoms with Crippen molar-refractivity contribution in [3.05, 3.63) is 100 Å². The van der Waals surface area contributed by atoms with E-state index in [1.54, 1.807) is 35.2 Å². The van der Waals surface area contributed by atoms with Crippen molar-refractivity contribution in [3.63, 3.8) is 0 Å². The monoisotopic (exact) mass is 470 g/mol. The molecule has 3 heterocycles. The molecule has 5 rings (SSSR count). The average molecular weight is 471 g/mol. The smallest absolute Gasteiger partial charge is 0.300 e. The maximum absolute atomic E-state index is 13.8. The Labute approximate surface area is 200 Å². The molecule has 0 aliphatic heterocycles. The molecule has 3 aromatic heterocycles. The van der Waals surface area contributed by atoms with Crippen LogP contribution in [0.3, 0.4) is 0 Å². The van der Waals surface area contributed by atoms with Crippen LogP contribution in [0.4, 0.5) is 16.0 Å². The molecule has 0 spiro atoms. The summed E-state index contributed by atoms with van der Waals surface area (Å²) in [4.78, 5) is 25.6. The highest BCUT2D eigenvalue weighted by atomic mass is 19.1. The minimum absolute atomic E-state index is 0.0984. The van der Waals surface area contributed by atoms with E-state index in [2.05, 4.69) is 20.3 Å². The topological polar surface area (TPSA) is 86.9 Å². The second kappa shape index (κ2) is 9.38. The minimum atomic E-state index is -0.543. The van der Waals surface area contributed by atoms with Crippen molar-refractivity contribution in [3.8, 4) is 11.6 Å². The average Bonchev–Trinajstić information content (AvgIpc) is 3.30. The minimum Gasteiger partial charge on any atom is -0.436 e. The summed E-state index contributed by atoms with van der Waals surface area (Å²) in [5.41, 5.74) is 3.56. The van der Waals surface area contributed by atoms with Gasteiger partial charge in [0.2, 0.25) is 5.95 Å². The van der Waals surface area contributed by atoms with Crippen LogP contribution in [0, 0.1) is 12.7 Å². The molecule has 2 aromatic carbocycles. The molecular weight excluding hydrogens is 447 g/mol. The van der Waals surface area contributed by atoms with Crippen LogP contribution in [0.1, 0.15) is 18.1 Å². The number of nitrogens with one attached hydrogen (secondary N) is 1. The first-order valence-electron chi connectivity index (χ1n) is 11.2. The molecule has 176 valence electrons. The fourth-order valence-electron chi connectivity index (χ4n) is 3.75. The molecule has 5 aromatic rings. The van der Waals surface area contributed by atoms with E-state index in [0.29, 0.717) is 41.6 Å². The molecular formula is C26H23FN6O2. The lowest BCUT2D eigenvalue weighted by atomic mass is 10.1. The van der Waals surface area contributed by atoms with Crippen molar-refractivity contribution in [1.82, 2.24) is 24.1 Å². The van der Waals surface area contributed by atoms with Gasteiger partial charge in [0, 0.05) is 18.4 Å². The number of ether oxygens (including phenoxy) is 1. The third kappa shape index (κ3) is 4.61. The van der Waals surface area contributed by atoms with Gasteiger partial charge in [0.15, 0.2) is 17.0 Å². The highest BCUT2D eigenvalue weighted by molar-refractivity contribution is 5.73. The van der Waals surface area contributed by atoms with Gasteiger partial charge >= 0.3 is 5.56 Å². The summed E-state index contributed by atoms with van der Waals surface area (Å²) in [5.74, 6) is 0.154. The Bertz CT molecular complexity index is 1540. The fraction of sp³-hybridized carbons (Fsp3) is 0.154. The van der Waals surface area contributed by atoms with Gasteiger partial charge in [-0.1, -0.05) is 29.8 Å². The fourth-order valence-corrected chi connectivity index (χ4v) is 3.75. The van der Waals surface area contributed by atoms with E-state index in [0.717, 1.165) is 5.56 Å². The Morgan fingerprint density at radius 1 is 1.03 bits per heavy atom. The van der Waals surface area contributed by atoms with Gasteiger partial charge in [-0.05, 0) is 55.8 Å². The zero-order valence-corrected chi connectivity index (χ0v) is 19.3. The molecule has 35 heavy (non-hydrogen) atoms. The normalized spacial score (nSPS) is 11.1. The molecule has 8 nitrogen and oxygen atoms in total. The lowest BCUT2D eigenvalue weighted by Gasteiger charge is -2.16. The lowest BCUT2D eigenvalue weighted by Crippen LogP contribution is -2.20. The van der Waals surface area contributed by atoms with Crippen LogP contribution in [0.15, 0.2) is 78.0 Å². The van der Waals surface area contributed by atoms with Crippen molar-refractivity contribution in [2.45, 2.75) is 26.9 Å². The van der Waals surface area contributed by atoms with Crippen LogP contribution in [-0.2, 0) is 13.1 Å². The van der Waals surface area contributed by atoms with Gasteiger partial charge in [0.1, 0.15) is 5.75 Å². The third-order valence-corrected chi connectivity index (χ3v) is 5.59. The van der Waals surface area contributed by atoms with E-state index >= 15 is 0 Å². The van der Waals surface area contributed by atoms with Crippen LogP contribution in [0.5, 0.6) is 11.6 Å². The Kier molecular flexibility index (Phi) is 5.97. The number of aromatic nitrogens is 5. The van der Waals surface area contributed by atoms with Crippen LogP contribution >= 0.6 is 0 Å². The molecule has 0 saturated heterocycles. The van der Waals surface area contributed by atoms with Gasteiger partial charge < -0.3 is 14.6 Å². The summed E-state index contributed by atoms with van der Waals surface area (Å²) < 4.78 is 23.0. The molecule has 9 heteroatoms. The van der Waals surface area contributed by atoms with Crippen LogP contribution in [-0.4, -0.2) is 24.1 Å². The third-order valence-electron chi connectivity index (χ3n) is 5.59. The zero-order chi connectivity index (χ0) is 24.4. The largest absolute Gasteiger partial charge is 0.436 e. The molecule has 0 bridgehead atoms. The highest BCUT2D eigenvalue weighted by Gasteiger charge is 2.16. The predicted octanol–water partition coefficient (Wildman–Crippen LogP) is 5.04. The van der Waals surface area contributed by atoms with Crippen LogP contribution < -0.4 is 15.6 Å². The first-order chi connectivity index (χ1) is 17.0. The number of anilines is 2. The number of hydrogen-bond acceptors (Lipinski definition) is 6. The Balaban J connectivity index is 1.49. The van der Waals surface area contributed by atoms with Crippen LogP contribution in [0.2, 0.25) is 0 Å². The molecule has 1 N–H and O–H groups in total. The Morgan fingerprint density at radius 3 is 2.51 bits per heavy atom. The summed E-state index contributed by atoms with van der Waals surface area (Å²) in [5, 5.41) is 3.22. The number of imidazole rings is 1. The van der Waals surface area contributed by atoms with Crippen LogP contribution in [0.25, 0.3) is 11.2 Å². The van der Waals surface area contributed by atoms with E-state index < -0.39 is 5.82 Å². The first kappa shape index (κ1) is 22.3. The molecule has 0 amide bonds. The number of pyridine rings is 1. The maximum Gasteiger partial charge on any atom is 0.300 e. The number of rotatable bonds is 7. The number of nitrogens with zero attached hydrogens (tertiary/aromatic N) is 5. The van der Waals surface area contributed by atoms with E-state index in [9.17, 15) is 9.18 Å². The summed E-state index contributed by atoms with van der Waals surface area (Å²) in [6.07, 6.45) is 3.12. The molecule has 0 saturated carbocycles. The predicted molar refractivity (Wildman–Crippen MR) is 132 cm³/mol. The van der Waals surface area contributed by atoms with Gasteiger partial charge in [-0.2, -0.15) is 4.98 Å². The summed E-state index contributed by atoms with van der Waals surface area (Å²) in [7, 11) is 0. The standard InChI is InChI=1S/C26H23FN6O2/c1-3-32-16-29-23-22(32)24(34)31-26(33(23)15-18-8-6-17(2)7-9-18)30-19-10-12-20(13-11-19)35-25-21(27)5-4-14-28-25/h4-14,16H,3,15H2,1-2H3,(H,30,31,34). The van der Waals surface area contributed by atoms with Crippen molar-refractivity contribution in [2.75, 3.05) is 5.32 Å². The van der Waals surface area contributed by atoms with Gasteiger partial charge in [0.05, 0.1) is 12.9 Å². The zero-order valence-electron chi connectivity index (χ0n) is 19.3. The summed E-state index contributed by atoms with van der Waals surface area (Å²) in [6.45, 7) is 5.09.